The van der Waals surface area contributed by atoms with Gasteiger partial charge in [0.25, 0.3) is 15.7 Å². The molecule has 0 spiro atoms. The number of anilines is 3. The van der Waals surface area contributed by atoms with Gasteiger partial charge >= 0.3 is 5.69 Å². The van der Waals surface area contributed by atoms with E-state index in [2.05, 4.69) is 15.0 Å². The maximum atomic E-state index is 12.7. The number of nitro benzene ring substituents is 1. The van der Waals surface area contributed by atoms with E-state index in [0.29, 0.717) is 11.3 Å². The lowest BCUT2D eigenvalue weighted by molar-refractivity contribution is -0.385. The average Bonchev–Trinajstić information content (AvgIpc) is 2.69. The molecule has 0 saturated carbocycles. The Balaban J connectivity index is 1.82. The first-order valence-corrected chi connectivity index (χ1v) is 9.90. The molecule has 154 valence electrons. The Morgan fingerprint density at radius 3 is 2.23 bits per heavy atom. The quantitative estimate of drug-likeness (QED) is 0.424. The fourth-order valence-electron chi connectivity index (χ4n) is 2.60. The lowest BCUT2D eigenvalue weighted by Crippen LogP contribution is -2.14. The second kappa shape index (κ2) is 8.13. The molecule has 0 aliphatic carbocycles. The highest BCUT2D eigenvalue weighted by Gasteiger charge is 2.21. The number of aryl methyl sites for hydroxylation is 1. The Kier molecular flexibility index (Phi) is 5.60. The van der Waals surface area contributed by atoms with Gasteiger partial charge in [-0.2, -0.15) is 0 Å². The van der Waals surface area contributed by atoms with Crippen molar-refractivity contribution in [2.24, 2.45) is 0 Å². The van der Waals surface area contributed by atoms with Crippen LogP contribution in [0.4, 0.5) is 28.6 Å². The predicted molar refractivity (Wildman–Crippen MR) is 109 cm³/mol. The molecular formula is C18H15N5O6S. The lowest BCUT2D eigenvalue weighted by Gasteiger charge is -2.11. The smallest absolute Gasteiger partial charge is 0.311 e. The normalized spacial score (nSPS) is 11.0. The van der Waals surface area contributed by atoms with E-state index < -0.39 is 19.9 Å². The van der Waals surface area contributed by atoms with E-state index in [9.17, 15) is 28.6 Å². The van der Waals surface area contributed by atoms with Gasteiger partial charge in [-0.1, -0.05) is 6.07 Å². The average molecular weight is 429 g/mol. The Labute approximate surface area is 170 Å². The van der Waals surface area contributed by atoms with Crippen molar-refractivity contribution in [1.29, 1.82) is 0 Å². The summed E-state index contributed by atoms with van der Waals surface area (Å²) < 4.78 is 27.7. The number of nitro groups is 2. The number of non-ortho nitro benzene ring substituents is 1. The maximum absolute atomic E-state index is 12.7. The minimum atomic E-state index is -4.07. The van der Waals surface area contributed by atoms with Gasteiger partial charge in [-0.25, -0.2) is 13.4 Å². The molecule has 1 aromatic heterocycles. The molecule has 0 radical (unpaired) electrons. The minimum absolute atomic E-state index is 0.0445. The number of benzene rings is 2. The minimum Gasteiger partial charge on any atom is -0.334 e. The first-order valence-electron chi connectivity index (χ1n) is 8.42. The number of rotatable bonds is 7. The van der Waals surface area contributed by atoms with Crippen molar-refractivity contribution in [2.45, 2.75) is 11.8 Å². The molecule has 0 amide bonds. The molecule has 0 atom stereocenters. The molecule has 0 aliphatic heterocycles. The zero-order chi connectivity index (χ0) is 21.9. The Morgan fingerprint density at radius 2 is 1.60 bits per heavy atom. The van der Waals surface area contributed by atoms with Crippen LogP contribution in [0, 0.1) is 27.2 Å². The Hall–Kier alpha value is -4.06. The van der Waals surface area contributed by atoms with Gasteiger partial charge in [-0.15, -0.1) is 0 Å². The summed E-state index contributed by atoms with van der Waals surface area (Å²) in [5.74, 6) is 0.0445. The van der Waals surface area contributed by atoms with Gasteiger partial charge in [0.2, 0.25) is 5.82 Å². The highest BCUT2D eigenvalue weighted by molar-refractivity contribution is 7.92. The van der Waals surface area contributed by atoms with Crippen molar-refractivity contribution < 1.29 is 18.3 Å². The maximum Gasteiger partial charge on any atom is 0.311 e. The molecule has 0 unspecified atom stereocenters. The highest BCUT2D eigenvalue weighted by Crippen LogP contribution is 2.27. The van der Waals surface area contributed by atoms with Gasteiger partial charge in [0.1, 0.15) is 0 Å². The summed E-state index contributed by atoms with van der Waals surface area (Å²) in [6.45, 7) is 1.53. The topological polar surface area (TPSA) is 157 Å². The molecule has 30 heavy (non-hydrogen) atoms. The second-order valence-electron chi connectivity index (χ2n) is 6.14. The summed E-state index contributed by atoms with van der Waals surface area (Å²) in [5, 5.41) is 24.8. The van der Waals surface area contributed by atoms with Crippen LogP contribution in [0.1, 0.15) is 5.56 Å². The molecule has 1 heterocycles. The van der Waals surface area contributed by atoms with Crippen LogP contribution in [0.5, 0.6) is 0 Å². The van der Waals surface area contributed by atoms with Crippen molar-refractivity contribution in [3.63, 3.8) is 0 Å². The van der Waals surface area contributed by atoms with Crippen LogP contribution in [0.15, 0.2) is 65.7 Å². The molecule has 0 bridgehead atoms. The van der Waals surface area contributed by atoms with Gasteiger partial charge in [0.15, 0.2) is 0 Å². The molecule has 3 aromatic rings. The summed E-state index contributed by atoms with van der Waals surface area (Å²) in [5.41, 5.74) is 0.475. The van der Waals surface area contributed by atoms with Crippen LogP contribution in [0.25, 0.3) is 0 Å². The van der Waals surface area contributed by atoms with E-state index in [-0.39, 0.29) is 27.8 Å². The monoisotopic (exact) mass is 429 g/mol. The standard InChI is InChI=1S/C18H15N5O6S/c1-12-4-9-15(22(24)25)11-17(12)30(28,29)21-14-7-5-13(6-8-14)20-18-16(23(26)27)3-2-10-19-18/h2-11,21H,1H3,(H,19,20). The molecule has 11 nitrogen and oxygen atoms in total. The van der Waals surface area contributed by atoms with Gasteiger partial charge in [-0.05, 0) is 42.8 Å². The van der Waals surface area contributed by atoms with Gasteiger partial charge in [-0.3, -0.25) is 25.0 Å². The van der Waals surface area contributed by atoms with E-state index in [4.69, 9.17) is 0 Å². The molecule has 0 aliphatic rings. The Morgan fingerprint density at radius 1 is 0.933 bits per heavy atom. The van der Waals surface area contributed by atoms with Gasteiger partial charge in [0.05, 0.1) is 14.7 Å². The van der Waals surface area contributed by atoms with Crippen LogP contribution >= 0.6 is 0 Å². The highest BCUT2D eigenvalue weighted by atomic mass is 32.2. The van der Waals surface area contributed by atoms with Crippen molar-refractivity contribution in [2.75, 3.05) is 10.0 Å². The molecule has 12 heteroatoms. The van der Waals surface area contributed by atoms with Crippen LogP contribution in [-0.4, -0.2) is 23.2 Å². The predicted octanol–water partition coefficient (Wildman–Crippen LogP) is 3.75. The number of nitrogens with zero attached hydrogens (tertiary/aromatic N) is 3. The molecular weight excluding hydrogens is 414 g/mol. The summed E-state index contributed by atoms with van der Waals surface area (Å²) >= 11 is 0. The van der Waals surface area contributed by atoms with E-state index in [1.165, 1.54) is 61.7 Å². The lowest BCUT2D eigenvalue weighted by atomic mass is 10.2. The van der Waals surface area contributed by atoms with E-state index in [1.807, 2.05) is 0 Å². The summed E-state index contributed by atoms with van der Waals surface area (Å²) in [7, 11) is -4.07. The van der Waals surface area contributed by atoms with Gasteiger partial charge < -0.3 is 5.32 Å². The third-order valence-corrected chi connectivity index (χ3v) is 5.58. The number of hydrogen-bond donors (Lipinski definition) is 2. The fourth-order valence-corrected chi connectivity index (χ4v) is 3.92. The number of pyridine rings is 1. The molecule has 2 N–H and O–H groups in total. The number of hydrogen-bond acceptors (Lipinski definition) is 8. The second-order valence-corrected chi connectivity index (χ2v) is 7.79. The van der Waals surface area contributed by atoms with Crippen molar-refractivity contribution in [3.8, 4) is 0 Å². The van der Waals surface area contributed by atoms with Crippen molar-refractivity contribution in [3.05, 3.63) is 86.6 Å². The van der Waals surface area contributed by atoms with Crippen LogP contribution in [-0.2, 0) is 10.0 Å². The van der Waals surface area contributed by atoms with E-state index in [0.717, 1.165) is 6.07 Å². The largest absolute Gasteiger partial charge is 0.334 e. The third kappa shape index (κ3) is 4.50. The van der Waals surface area contributed by atoms with Crippen LogP contribution in [0.3, 0.4) is 0 Å². The number of nitrogens with one attached hydrogen (secondary N) is 2. The van der Waals surface area contributed by atoms with Crippen molar-refractivity contribution >= 4 is 38.6 Å². The first kappa shape index (κ1) is 20.7. The molecule has 2 aromatic carbocycles. The SMILES string of the molecule is Cc1ccc([N+](=O)[O-])cc1S(=O)(=O)Nc1ccc(Nc2ncccc2[N+](=O)[O-])cc1. The number of aromatic nitrogens is 1. The summed E-state index contributed by atoms with van der Waals surface area (Å²) in [4.78, 5) is 24.5. The zero-order valence-corrected chi connectivity index (χ0v) is 16.3. The van der Waals surface area contributed by atoms with Crippen LogP contribution in [0.2, 0.25) is 0 Å². The molecule has 0 fully saturated rings. The van der Waals surface area contributed by atoms with Crippen molar-refractivity contribution in [1.82, 2.24) is 4.98 Å². The van der Waals surface area contributed by atoms with E-state index in [1.54, 1.807) is 0 Å². The molecule has 0 saturated heterocycles. The Bertz CT molecular complexity index is 1230. The fraction of sp³-hybridized carbons (Fsp3) is 0.0556. The summed E-state index contributed by atoms with van der Waals surface area (Å²) in [6.07, 6.45) is 1.40. The number of sulfonamides is 1. The van der Waals surface area contributed by atoms with Crippen LogP contribution < -0.4 is 10.0 Å². The summed E-state index contributed by atoms with van der Waals surface area (Å²) in [6, 6.07) is 12.2. The first-order chi connectivity index (χ1) is 14.2. The molecule has 3 rings (SSSR count). The van der Waals surface area contributed by atoms with E-state index >= 15 is 0 Å². The third-order valence-electron chi connectivity index (χ3n) is 4.06. The van der Waals surface area contributed by atoms with Gasteiger partial charge in [0, 0.05) is 35.8 Å². The zero-order valence-electron chi connectivity index (χ0n) is 15.5.